The van der Waals surface area contributed by atoms with E-state index in [-0.39, 0.29) is 0 Å². The van der Waals surface area contributed by atoms with Gasteiger partial charge in [-0.15, -0.1) is 0 Å². The topological polar surface area (TPSA) is 23.9 Å². The van der Waals surface area contributed by atoms with Crippen LogP contribution in [0.2, 0.25) is 0 Å². The molecular weight excluding hydrogens is 86.1 g/mol. The van der Waals surface area contributed by atoms with E-state index >= 15 is 0 Å². The van der Waals surface area contributed by atoms with Crippen LogP contribution in [0.3, 0.4) is 0 Å². The first-order valence-corrected chi connectivity index (χ1v) is 2.85. The molecule has 0 heterocycles. The van der Waals surface area contributed by atoms with Crippen LogP contribution in [0.5, 0.6) is 0 Å². The van der Waals surface area contributed by atoms with Crippen LogP contribution in [-0.4, -0.2) is 6.21 Å². The van der Waals surface area contributed by atoms with E-state index in [2.05, 4.69) is 6.92 Å². The number of rotatable bonds is 2. The maximum Gasteiger partial charge on any atom is -0.00167 e. The Bertz CT molecular complexity index is 74.2. The fraction of sp³-hybridized carbons (Fsp3) is 0.833. The lowest BCUT2D eigenvalue weighted by Gasteiger charge is -1.95. The smallest absolute Gasteiger partial charge is 0.00167 e. The molecule has 0 radical (unpaired) electrons. The van der Waals surface area contributed by atoms with E-state index in [0.717, 1.165) is 5.92 Å². The summed E-state index contributed by atoms with van der Waals surface area (Å²) in [5.41, 5.74) is 0. The van der Waals surface area contributed by atoms with Crippen LogP contribution in [0.15, 0.2) is 0 Å². The normalized spacial score (nSPS) is 24.1. The Morgan fingerprint density at radius 1 is 1.71 bits per heavy atom. The minimum atomic E-state index is 0.556. The van der Waals surface area contributed by atoms with Gasteiger partial charge in [0.15, 0.2) is 0 Å². The van der Waals surface area contributed by atoms with Crippen molar-refractivity contribution in [3.8, 4) is 0 Å². The molecule has 7 heavy (non-hydrogen) atoms. The van der Waals surface area contributed by atoms with E-state index in [1.54, 1.807) is 6.21 Å². The second-order valence-electron chi connectivity index (χ2n) is 2.36. The molecule has 1 unspecified atom stereocenters. The standard InChI is InChI=1S/C6H11N/c1-5(4-7)6-2-3-6/h4-7H,2-3H2,1H3. The molecule has 0 aromatic heterocycles. The lowest BCUT2D eigenvalue weighted by atomic mass is 10.1. The van der Waals surface area contributed by atoms with E-state index in [1.807, 2.05) is 0 Å². The second kappa shape index (κ2) is 1.65. The lowest BCUT2D eigenvalue weighted by Crippen LogP contribution is -1.95. The van der Waals surface area contributed by atoms with Gasteiger partial charge in [0.2, 0.25) is 0 Å². The fourth-order valence-electron chi connectivity index (χ4n) is 0.758. The van der Waals surface area contributed by atoms with E-state index in [4.69, 9.17) is 5.41 Å². The highest BCUT2D eigenvalue weighted by atomic mass is 14.4. The minimum absolute atomic E-state index is 0.556. The molecule has 0 aromatic carbocycles. The van der Waals surface area contributed by atoms with E-state index < -0.39 is 0 Å². The van der Waals surface area contributed by atoms with Crippen molar-refractivity contribution in [2.45, 2.75) is 19.8 Å². The van der Waals surface area contributed by atoms with Gasteiger partial charge in [-0.3, -0.25) is 0 Å². The predicted molar refractivity (Wildman–Crippen MR) is 30.7 cm³/mol. The third kappa shape index (κ3) is 1.02. The molecule has 1 aliphatic carbocycles. The Balaban J connectivity index is 2.22. The summed E-state index contributed by atoms with van der Waals surface area (Å²) in [4.78, 5) is 0. The summed E-state index contributed by atoms with van der Waals surface area (Å²) in [6.07, 6.45) is 4.27. The van der Waals surface area contributed by atoms with Gasteiger partial charge in [-0.25, -0.2) is 0 Å². The Morgan fingerprint density at radius 2 is 2.29 bits per heavy atom. The summed E-state index contributed by atoms with van der Waals surface area (Å²) in [6.45, 7) is 2.12. The Kier molecular flexibility index (Phi) is 1.13. The molecule has 1 fully saturated rings. The summed E-state index contributed by atoms with van der Waals surface area (Å²) in [5.74, 6) is 1.43. The molecule has 0 amide bonds. The average molecular weight is 97.2 g/mol. The molecule has 1 rings (SSSR count). The third-order valence-electron chi connectivity index (χ3n) is 1.63. The number of hydrogen-bond acceptors (Lipinski definition) is 1. The van der Waals surface area contributed by atoms with Gasteiger partial charge < -0.3 is 5.41 Å². The van der Waals surface area contributed by atoms with Crippen molar-refractivity contribution in [1.29, 1.82) is 5.41 Å². The molecule has 1 aliphatic rings. The van der Waals surface area contributed by atoms with E-state index in [0.29, 0.717) is 5.92 Å². The van der Waals surface area contributed by atoms with Crippen molar-refractivity contribution in [2.75, 3.05) is 0 Å². The molecule has 40 valence electrons. The van der Waals surface area contributed by atoms with Gasteiger partial charge in [-0.1, -0.05) is 6.92 Å². The summed E-state index contributed by atoms with van der Waals surface area (Å²) in [5, 5.41) is 6.85. The number of hydrogen-bond donors (Lipinski definition) is 1. The van der Waals surface area contributed by atoms with Crippen molar-refractivity contribution in [1.82, 2.24) is 0 Å². The molecule has 1 saturated carbocycles. The van der Waals surface area contributed by atoms with Gasteiger partial charge in [0.1, 0.15) is 0 Å². The molecule has 0 spiro atoms. The molecule has 0 bridgehead atoms. The van der Waals surface area contributed by atoms with Crippen molar-refractivity contribution < 1.29 is 0 Å². The summed E-state index contributed by atoms with van der Waals surface area (Å²) < 4.78 is 0. The SMILES string of the molecule is CC(C=N)C1CC1. The quantitative estimate of drug-likeness (QED) is 0.507. The monoisotopic (exact) mass is 97.1 g/mol. The lowest BCUT2D eigenvalue weighted by molar-refractivity contribution is 0.676. The molecule has 0 saturated heterocycles. The Hall–Kier alpha value is -0.330. The van der Waals surface area contributed by atoms with Crippen LogP contribution in [0.1, 0.15) is 19.8 Å². The van der Waals surface area contributed by atoms with Crippen molar-refractivity contribution in [3.05, 3.63) is 0 Å². The fourth-order valence-corrected chi connectivity index (χ4v) is 0.758. The van der Waals surface area contributed by atoms with Gasteiger partial charge in [-0.05, 0) is 30.9 Å². The molecule has 1 N–H and O–H groups in total. The zero-order valence-electron chi connectivity index (χ0n) is 4.65. The zero-order chi connectivity index (χ0) is 5.28. The first-order valence-electron chi connectivity index (χ1n) is 2.85. The van der Waals surface area contributed by atoms with Crippen molar-refractivity contribution in [3.63, 3.8) is 0 Å². The largest absolute Gasteiger partial charge is 0.313 e. The van der Waals surface area contributed by atoms with Gasteiger partial charge in [0.05, 0.1) is 0 Å². The number of nitrogens with one attached hydrogen (secondary N) is 1. The predicted octanol–water partition coefficient (Wildman–Crippen LogP) is 1.68. The van der Waals surface area contributed by atoms with Crippen LogP contribution in [0.25, 0.3) is 0 Å². The Labute approximate surface area is 44.2 Å². The first-order chi connectivity index (χ1) is 3.34. The summed E-state index contributed by atoms with van der Waals surface area (Å²) in [6, 6.07) is 0. The zero-order valence-corrected chi connectivity index (χ0v) is 4.65. The van der Waals surface area contributed by atoms with Crippen LogP contribution in [-0.2, 0) is 0 Å². The van der Waals surface area contributed by atoms with Crippen molar-refractivity contribution in [2.24, 2.45) is 11.8 Å². The highest BCUT2D eigenvalue weighted by Gasteiger charge is 2.25. The van der Waals surface area contributed by atoms with Crippen LogP contribution in [0, 0.1) is 17.2 Å². The molecule has 1 nitrogen and oxygen atoms in total. The van der Waals surface area contributed by atoms with Gasteiger partial charge in [0.25, 0.3) is 0 Å². The van der Waals surface area contributed by atoms with Gasteiger partial charge in [0, 0.05) is 0 Å². The molecule has 1 atom stereocenters. The average Bonchev–Trinajstić information content (AvgIpc) is 2.44. The van der Waals surface area contributed by atoms with Crippen molar-refractivity contribution >= 4 is 6.21 Å². The molecule has 0 aliphatic heterocycles. The van der Waals surface area contributed by atoms with Crippen LogP contribution >= 0.6 is 0 Å². The molecule has 0 aromatic rings. The summed E-state index contributed by atoms with van der Waals surface area (Å²) in [7, 11) is 0. The first kappa shape index (κ1) is 4.82. The minimum Gasteiger partial charge on any atom is -0.313 e. The van der Waals surface area contributed by atoms with Gasteiger partial charge >= 0.3 is 0 Å². The maximum atomic E-state index is 6.85. The maximum absolute atomic E-state index is 6.85. The van der Waals surface area contributed by atoms with Crippen LogP contribution in [0.4, 0.5) is 0 Å². The molecular formula is C6H11N. The second-order valence-corrected chi connectivity index (χ2v) is 2.36. The van der Waals surface area contributed by atoms with E-state index in [9.17, 15) is 0 Å². The molecule has 1 heteroatoms. The highest BCUT2D eigenvalue weighted by molar-refractivity contribution is 5.57. The van der Waals surface area contributed by atoms with E-state index in [1.165, 1.54) is 12.8 Å². The third-order valence-corrected chi connectivity index (χ3v) is 1.63. The highest BCUT2D eigenvalue weighted by Crippen LogP contribution is 2.35. The van der Waals surface area contributed by atoms with Crippen LogP contribution < -0.4 is 0 Å². The summed E-state index contributed by atoms with van der Waals surface area (Å²) >= 11 is 0. The Morgan fingerprint density at radius 3 is 2.43 bits per heavy atom. The van der Waals surface area contributed by atoms with Gasteiger partial charge in [-0.2, -0.15) is 0 Å².